The maximum atomic E-state index is 12.6. The average molecular weight is 343 g/mol. The van der Waals surface area contributed by atoms with Gasteiger partial charge >= 0.3 is 0 Å². The van der Waals surface area contributed by atoms with E-state index in [2.05, 4.69) is 15.3 Å². The fourth-order valence-electron chi connectivity index (χ4n) is 3.96. The molecule has 1 spiro atoms. The van der Waals surface area contributed by atoms with Gasteiger partial charge in [-0.15, -0.1) is 0 Å². The highest BCUT2D eigenvalue weighted by molar-refractivity contribution is 6.06. The van der Waals surface area contributed by atoms with Crippen molar-refractivity contribution in [2.45, 2.75) is 32.1 Å². The van der Waals surface area contributed by atoms with Gasteiger partial charge in [0, 0.05) is 32.6 Å². The molecule has 1 aromatic rings. The van der Waals surface area contributed by atoms with Gasteiger partial charge in [-0.25, -0.2) is 4.98 Å². The minimum atomic E-state index is -0.661. The molecule has 132 valence electrons. The summed E-state index contributed by atoms with van der Waals surface area (Å²) in [6.45, 7) is 2.58. The van der Waals surface area contributed by atoms with E-state index in [9.17, 15) is 14.4 Å². The average Bonchev–Trinajstić information content (AvgIpc) is 3.18. The van der Waals surface area contributed by atoms with Crippen molar-refractivity contribution in [3.63, 3.8) is 0 Å². The van der Waals surface area contributed by atoms with Crippen molar-refractivity contribution >= 4 is 23.5 Å². The summed E-state index contributed by atoms with van der Waals surface area (Å²) in [4.78, 5) is 48.7. The highest BCUT2D eigenvalue weighted by Gasteiger charge is 2.51. The second-order valence-electron chi connectivity index (χ2n) is 7.12. The van der Waals surface area contributed by atoms with Gasteiger partial charge in [-0.1, -0.05) is 0 Å². The largest absolute Gasteiger partial charge is 0.354 e. The third-order valence-electron chi connectivity index (χ3n) is 5.40. The number of piperidine rings is 1. The summed E-state index contributed by atoms with van der Waals surface area (Å²) < 4.78 is 0. The Morgan fingerprint density at radius 2 is 1.92 bits per heavy atom. The monoisotopic (exact) mass is 343 g/mol. The van der Waals surface area contributed by atoms with E-state index in [0.29, 0.717) is 31.0 Å². The Hall–Kier alpha value is -2.51. The Balaban J connectivity index is 1.51. The Bertz CT molecular complexity index is 731. The third kappa shape index (κ3) is 2.85. The number of nitrogens with one attached hydrogen (secondary N) is 1. The van der Waals surface area contributed by atoms with Gasteiger partial charge in [0.15, 0.2) is 0 Å². The molecule has 8 nitrogen and oxygen atoms in total. The molecule has 8 heteroatoms. The van der Waals surface area contributed by atoms with E-state index in [1.54, 1.807) is 6.20 Å². The molecule has 1 N–H and O–H groups in total. The van der Waals surface area contributed by atoms with Crippen LogP contribution in [0.15, 0.2) is 12.4 Å². The van der Waals surface area contributed by atoms with E-state index in [1.807, 2.05) is 9.80 Å². The number of hydrogen-bond acceptors (Lipinski definition) is 6. The van der Waals surface area contributed by atoms with Gasteiger partial charge in [-0.3, -0.25) is 24.7 Å². The highest BCUT2D eigenvalue weighted by Crippen LogP contribution is 2.38. The maximum absolute atomic E-state index is 12.6. The van der Waals surface area contributed by atoms with Gasteiger partial charge in [-0.05, 0) is 25.7 Å². The summed E-state index contributed by atoms with van der Waals surface area (Å²) in [5, 5.41) is 2.39. The Labute approximate surface area is 145 Å². The Kier molecular flexibility index (Phi) is 3.89. The van der Waals surface area contributed by atoms with Crippen LogP contribution in [0.4, 0.5) is 5.82 Å². The van der Waals surface area contributed by atoms with Crippen LogP contribution in [-0.2, 0) is 9.59 Å². The van der Waals surface area contributed by atoms with E-state index in [0.717, 1.165) is 32.4 Å². The molecule has 25 heavy (non-hydrogen) atoms. The standard InChI is InChI=1S/C17H21N5O3/c23-14-8-17(16(25)20-14)4-7-22(11-17)13-10-18-9-12(19-13)15(24)21-5-2-1-3-6-21/h9-10H,1-8,11H2,(H,20,23,25). The van der Waals surface area contributed by atoms with Gasteiger partial charge in [0.1, 0.15) is 11.5 Å². The molecule has 0 aromatic carbocycles. The first-order valence-corrected chi connectivity index (χ1v) is 8.78. The molecule has 1 atom stereocenters. The minimum Gasteiger partial charge on any atom is -0.354 e. The van der Waals surface area contributed by atoms with Crippen LogP contribution in [0.1, 0.15) is 42.6 Å². The second-order valence-corrected chi connectivity index (χ2v) is 7.12. The number of anilines is 1. The SMILES string of the molecule is O=C1CC2(CCN(c3cncc(C(=O)N4CCCCC4)n3)C2)C(=O)N1. The molecule has 0 bridgehead atoms. The maximum Gasteiger partial charge on any atom is 0.274 e. The summed E-state index contributed by atoms with van der Waals surface area (Å²) in [5.41, 5.74) is -0.321. The first-order chi connectivity index (χ1) is 12.1. The van der Waals surface area contributed by atoms with E-state index in [4.69, 9.17) is 0 Å². The van der Waals surface area contributed by atoms with Crippen molar-refractivity contribution in [2.75, 3.05) is 31.1 Å². The molecule has 3 aliphatic heterocycles. The molecule has 3 aliphatic rings. The first-order valence-electron chi connectivity index (χ1n) is 8.78. The van der Waals surface area contributed by atoms with E-state index in [-0.39, 0.29) is 24.1 Å². The van der Waals surface area contributed by atoms with Crippen LogP contribution < -0.4 is 10.2 Å². The van der Waals surface area contributed by atoms with Gasteiger partial charge in [0.05, 0.1) is 17.8 Å². The number of carbonyl (C=O) groups excluding carboxylic acids is 3. The van der Waals surface area contributed by atoms with E-state index < -0.39 is 5.41 Å². The lowest BCUT2D eigenvalue weighted by Gasteiger charge is -2.26. The molecule has 1 aromatic heterocycles. The Morgan fingerprint density at radius 1 is 1.12 bits per heavy atom. The zero-order chi connectivity index (χ0) is 17.4. The molecule has 0 saturated carbocycles. The molecule has 0 radical (unpaired) electrons. The van der Waals surface area contributed by atoms with Crippen molar-refractivity contribution in [2.24, 2.45) is 5.41 Å². The van der Waals surface area contributed by atoms with Crippen molar-refractivity contribution in [3.8, 4) is 0 Å². The zero-order valence-corrected chi connectivity index (χ0v) is 14.0. The molecule has 3 saturated heterocycles. The quantitative estimate of drug-likeness (QED) is 0.779. The number of amides is 3. The first kappa shape index (κ1) is 16.0. The third-order valence-corrected chi connectivity index (χ3v) is 5.40. The molecule has 1 unspecified atom stereocenters. The van der Waals surface area contributed by atoms with Crippen LogP contribution in [0.2, 0.25) is 0 Å². The molecule has 4 rings (SSSR count). The predicted molar refractivity (Wildman–Crippen MR) is 88.8 cm³/mol. The summed E-state index contributed by atoms with van der Waals surface area (Å²) in [6, 6.07) is 0. The number of aromatic nitrogens is 2. The number of imide groups is 1. The lowest BCUT2D eigenvalue weighted by molar-refractivity contribution is -0.127. The second kappa shape index (κ2) is 6.09. The number of likely N-dealkylation sites (tertiary alicyclic amines) is 1. The number of carbonyl (C=O) groups is 3. The van der Waals surface area contributed by atoms with Crippen LogP contribution in [0, 0.1) is 5.41 Å². The van der Waals surface area contributed by atoms with Crippen LogP contribution in [-0.4, -0.2) is 58.8 Å². The smallest absolute Gasteiger partial charge is 0.274 e. The van der Waals surface area contributed by atoms with Gasteiger partial charge in [0.2, 0.25) is 11.8 Å². The van der Waals surface area contributed by atoms with Gasteiger partial charge in [0.25, 0.3) is 5.91 Å². The van der Waals surface area contributed by atoms with Gasteiger partial charge < -0.3 is 9.80 Å². The molecular formula is C17H21N5O3. The lowest BCUT2D eigenvalue weighted by atomic mass is 9.85. The van der Waals surface area contributed by atoms with Crippen LogP contribution in [0.3, 0.4) is 0 Å². The van der Waals surface area contributed by atoms with Crippen molar-refractivity contribution in [1.29, 1.82) is 0 Å². The molecule has 4 heterocycles. The highest BCUT2D eigenvalue weighted by atomic mass is 16.2. The van der Waals surface area contributed by atoms with Crippen LogP contribution in [0.5, 0.6) is 0 Å². The molecule has 0 aliphatic carbocycles. The Morgan fingerprint density at radius 3 is 2.64 bits per heavy atom. The van der Waals surface area contributed by atoms with Crippen molar-refractivity contribution in [3.05, 3.63) is 18.1 Å². The zero-order valence-electron chi connectivity index (χ0n) is 14.0. The van der Waals surface area contributed by atoms with Crippen LogP contribution in [0.25, 0.3) is 0 Å². The van der Waals surface area contributed by atoms with Gasteiger partial charge in [-0.2, -0.15) is 0 Å². The predicted octanol–water partition coefficient (Wildman–Crippen LogP) is 0.346. The molecule has 3 amide bonds. The number of nitrogens with zero attached hydrogens (tertiary/aromatic N) is 4. The summed E-state index contributed by atoms with van der Waals surface area (Å²) in [7, 11) is 0. The molecule has 3 fully saturated rings. The lowest BCUT2D eigenvalue weighted by Crippen LogP contribution is -2.37. The summed E-state index contributed by atoms with van der Waals surface area (Å²) in [6.07, 6.45) is 7.15. The number of rotatable bonds is 2. The van der Waals surface area contributed by atoms with Crippen molar-refractivity contribution < 1.29 is 14.4 Å². The normalized spacial score (nSPS) is 26.4. The van der Waals surface area contributed by atoms with E-state index in [1.165, 1.54) is 6.20 Å². The fourth-order valence-corrected chi connectivity index (χ4v) is 3.96. The summed E-state index contributed by atoms with van der Waals surface area (Å²) >= 11 is 0. The minimum absolute atomic E-state index is 0.0863. The van der Waals surface area contributed by atoms with Crippen molar-refractivity contribution in [1.82, 2.24) is 20.2 Å². The van der Waals surface area contributed by atoms with Crippen LogP contribution >= 0.6 is 0 Å². The topological polar surface area (TPSA) is 95.5 Å². The van der Waals surface area contributed by atoms with E-state index >= 15 is 0 Å². The fraction of sp³-hybridized carbons (Fsp3) is 0.588. The summed E-state index contributed by atoms with van der Waals surface area (Å²) in [5.74, 6) is 0.0871. The molecular weight excluding hydrogens is 322 g/mol. The number of hydrogen-bond donors (Lipinski definition) is 1.